The second kappa shape index (κ2) is 6.71. The zero-order chi connectivity index (χ0) is 16.2. The molecule has 118 valence electrons. The second-order valence-electron chi connectivity index (χ2n) is 6.13. The third-order valence-electron chi connectivity index (χ3n) is 4.45. The van der Waals surface area contributed by atoms with E-state index in [0.29, 0.717) is 0 Å². The van der Waals surface area contributed by atoms with Gasteiger partial charge in [-0.05, 0) is 16.7 Å². The summed E-state index contributed by atoms with van der Waals surface area (Å²) in [5, 5.41) is 3.65. The zero-order valence-corrected chi connectivity index (χ0v) is 13.5. The first-order valence-electron chi connectivity index (χ1n) is 8.37. The number of hydrogen-bond acceptors (Lipinski definition) is 2. The maximum atomic E-state index is 5.02. The Balaban J connectivity index is 1.65. The van der Waals surface area contributed by atoms with Crippen LogP contribution in [0.3, 0.4) is 0 Å². The van der Waals surface area contributed by atoms with E-state index in [4.69, 9.17) is 4.99 Å². The highest BCUT2D eigenvalue weighted by atomic mass is 15.1. The highest BCUT2D eigenvalue weighted by Gasteiger charge is 2.30. The van der Waals surface area contributed by atoms with E-state index in [2.05, 4.69) is 90.2 Å². The molecule has 0 saturated carbocycles. The zero-order valence-electron chi connectivity index (χ0n) is 13.5. The van der Waals surface area contributed by atoms with Crippen molar-refractivity contribution < 1.29 is 0 Å². The molecule has 0 spiro atoms. The van der Waals surface area contributed by atoms with Gasteiger partial charge in [-0.1, -0.05) is 91.0 Å². The molecule has 0 aromatic heterocycles. The van der Waals surface area contributed by atoms with Crippen LogP contribution in [0.1, 0.15) is 28.8 Å². The number of rotatable bonds is 4. The van der Waals surface area contributed by atoms with Gasteiger partial charge < -0.3 is 5.32 Å². The van der Waals surface area contributed by atoms with Crippen LogP contribution >= 0.6 is 0 Å². The maximum Gasteiger partial charge on any atom is 0.102 e. The lowest BCUT2D eigenvalue weighted by Gasteiger charge is -2.19. The summed E-state index contributed by atoms with van der Waals surface area (Å²) < 4.78 is 0. The van der Waals surface area contributed by atoms with Crippen molar-refractivity contribution in [3.8, 4) is 0 Å². The Labute approximate surface area is 142 Å². The third kappa shape index (κ3) is 3.09. The first kappa shape index (κ1) is 14.7. The Bertz CT molecular complexity index is 810. The summed E-state index contributed by atoms with van der Waals surface area (Å²) >= 11 is 0. The first-order chi connectivity index (χ1) is 11.9. The third-order valence-corrected chi connectivity index (χ3v) is 4.45. The molecule has 2 atom stereocenters. The number of benzene rings is 3. The van der Waals surface area contributed by atoms with Crippen LogP contribution in [-0.4, -0.2) is 5.84 Å². The highest BCUT2D eigenvalue weighted by molar-refractivity contribution is 5.87. The summed E-state index contributed by atoms with van der Waals surface area (Å²) in [6.07, 6.45) is 0.841. The maximum absolute atomic E-state index is 5.02. The average Bonchev–Trinajstić information content (AvgIpc) is 3.08. The van der Waals surface area contributed by atoms with Crippen LogP contribution in [0, 0.1) is 0 Å². The van der Waals surface area contributed by atoms with Gasteiger partial charge in [-0.2, -0.15) is 0 Å². The Morgan fingerprint density at radius 3 is 1.83 bits per heavy atom. The van der Waals surface area contributed by atoms with E-state index in [1.807, 2.05) is 6.07 Å². The number of hydrogen-bond donors (Lipinski definition) is 1. The van der Waals surface area contributed by atoms with Gasteiger partial charge in [0.1, 0.15) is 11.9 Å². The first-order valence-corrected chi connectivity index (χ1v) is 8.37. The van der Waals surface area contributed by atoms with Gasteiger partial charge in [-0.15, -0.1) is 0 Å². The largest absolute Gasteiger partial charge is 0.364 e. The molecule has 0 saturated heterocycles. The summed E-state index contributed by atoms with van der Waals surface area (Å²) in [6.45, 7) is 0. The van der Waals surface area contributed by atoms with Crippen molar-refractivity contribution in [3.05, 3.63) is 108 Å². The Kier molecular flexibility index (Phi) is 4.11. The van der Waals surface area contributed by atoms with Crippen LogP contribution in [0.5, 0.6) is 0 Å². The van der Waals surface area contributed by atoms with Gasteiger partial charge in [0.05, 0.1) is 6.04 Å². The van der Waals surface area contributed by atoms with Crippen molar-refractivity contribution in [2.75, 3.05) is 0 Å². The van der Waals surface area contributed by atoms with Crippen LogP contribution in [0.2, 0.25) is 0 Å². The highest BCUT2D eigenvalue weighted by Crippen LogP contribution is 2.36. The van der Waals surface area contributed by atoms with Gasteiger partial charge in [-0.3, -0.25) is 4.99 Å². The SMILES string of the molecule is c1ccc(CC2=N[C@@H](c3ccccc3)[C@@H](c3ccccc3)N2)cc1. The molecule has 0 fully saturated rings. The summed E-state index contributed by atoms with van der Waals surface area (Å²) in [7, 11) is 0. The molecule has 1 N–H and O–H groups in total. The summed E-state index contributed by atoms with van der Waals surface area (Å²) in [5.74, 6) is 1.06. The van der Waals surface area contributed by atoms with Gasteiger partial charge in [-0.25, -0.2) is 0 Å². The Morgan fingerprint density at radius 2 is 1.21 bits per heavy atom. The van der Waals surface area contributed by atoms with Crippen LogP contribution in [0.25, 0.3) is 0 Å². The lowest BCUT2D eigenvalue weighted by atomic mass is 9.95. The standard InChI is InChI=1S/C22H20N2/c1-4-10-17(11-5-1)16-20-23-21(18-12-6-2-7-13-18)22(24-20)19-14-8-3-9-15-19/h1-15,21-22H,16H2,(H,23,24)/t21-,22+. The predicted molar refractivity (Wildman–Crippen MR) is 99.1 cm³/mol. The van der Waals surface area contributed by atoms with Gasteiger partial charge in [0.2, 0.25) is 0 Å². The quantitative estimate of drug-likeness (QED) is 0.741. The fourth-order valence-corrected chi connectivity index (χ4v) is 3.27. The van der Waals surface area contributed by atoms with E-state index in [9.17, 15) is 0 Å². The fourth-order valence-electron chi connectivity index (χ4n) is 3.27. The number of aliphatic imine (C=N–C) groups is 1. The average molecular weight is 312 g/mol. The minimum Gasteiger partial charge on any atom is -0.364 e. The number of nitrogens with one attached hydrogen (secondary N) is 1. The molecule has 3 aromatic carbocycles. The molecule has 0 radical (unpaired) electrons. The minimum absolute atomic E-state index is 0.118. The lowest BCUT2D eigenvalue weighted by Crippen LogP contribution is -2.25. The molecule has 0 unspecified atom stereocenters. The van der Waals surface area contributed by atoms with Gasteiger partial charge in [0.25, 0.3) is 0 Å². The Morgan fingerprint density at radius 1 is 0.667 bits per heavy atom. The molecular weight excluding hydrogens is 292 g/mol. The molecular formula is C22H20N2. The predicted octanol–water partition coefficient (Wildman–Crippen LogP) is 4.71. The minimum atomic E-state index is 0.118. The molecule has 0 aliphatic carbocycles. The molecule has 24 heavy (non-hydrogen) atoms. The molecule has 1 aliphatic heterocycles. The monoisotopic (exact) mass is 312 g/mol. The van der Waals surface area contributed by atoms with Crippen molar-refractivity contribution in [3.63, 3.8) is 0 Å². The molecule has 2 heteroatoms. The molecule has 4 rings (SSSR count). The molecule has 1 aliphatic rings. The molecule has 2 nitrogen and oxygen atoms in total. The number of amidine groups is 1. The van der Waals surface area contributed by atoms with Crippen molar-refractivity contribution in [1.82, 2.24) is 5.32 Å². The smallest absolute Gasteiger partial charge is 0.102 e. The van der Waals surface area contributed by atoms with Crippen molar-refractivity contribution in [2.24, 2.45) is 4.99 Å². The van der Waals surface area contributed by atoms with Crippen LogP contribution in [-0.2, 0) is 6.42 Å². The van der Waals surface area contributed by atoms with E-state index in [1.165, 1.54) is 16.7 Å². The molecule has 3 aromatic rings. The van der Waals surface area contributed by atoms with E-state index >= 15 is 0 Å². The van der Waals surface area contributed by atoms with E-state index < -0.39 is 0 Å². The fraction of sp³-hybridized carbons (Fsp3) is 0.136. The van der Waals surface area contributed by atoms with E-state index in [0.717, 1.165) is 12.3 Å². The Hall–Kier alpha value is -2.87. The normalized spacial score (nSPS) is 19.6. The summed E-state index contributed by atoms with van der Waals surface area (Å²) in [4.78, 5) is 5.02. The van der Waals surface area contributed by atoms with Crippen LogP contribution in [0.4, 0.5) is 0 Å². The summed E-state index contributed by atoms with van der Waals surface area (Å²) in [5.41, 5.74) is 3.81. The van der Waals surface area contributed by atoms with E-state index in [1.54, 1.807) is 0 Å². The molecule has 1 heterocycles. The topological polar surface area (TPSA) is 24.4 Å². The van der Waals surface area contributed by atoms with Gasteiger partial charge in [0, 0.05) is 6.42 Å². The summed E-state index contributed by atoms with van der Waals surface area (Å²) in [6, 6.07) is 32.0. The van der Waals surface area contributed by atoms with Crippen LogP contribution in [0.15, 0.2) is 96.0 Å². The molecule has 0 bridgehead atoms. The molecule has 0 amide bonds. The lowest BCUT2D eigenvalue weighted by molar-refractivity contribution is 0.572. The van der Waals surface area contributed by atoms with Gasteiger partial charge >= 0.3 is 0 Å². The van der Waals surface area contributed by atoms with Crippen molar-refractivity contribution in [1.29, 1.82) is 0 Å². The second-order valence-corrected chi connectivity index (χ2v) is 6.13. The van der Waals surface area contributed by atoms with Gasteiger partial charge in [0.15, 0.2) is 0 Å². The van der Waals surface area contributed by atoms with Crippen molar-refractivity contribution >= 4 is 5.84 Å². The van der Waals surface area contributed by atoms with Crippen molar-refractivity contribution in [2.45, 2.75) is 18.5 Å². The number of nitrogens with zero attached hydrogens (tertiary/aromatic N) is 1. The van der Waals surface area contributed by atoms with E-state index in [-0.39, 0.29) is 12.1 Å². The van der Waals surface area contributed by atoms with Crippen LogP contribution < -0.4 is 5.32 Å².